The van der Waals surface area contributed by atoms with Crippen LogP contribution in [0.2, 0.25) is 0 Å². The second-order valence-corrected chi connectivity index (χ2v) is 2.58. The van der Waals surface area contributed by atoms with Gasteiger partial charge in [-0.15, -0.1) is 0 Å². The van der Waals surface area contributed by atoms with Crippen LogP contribution < -0.4 is 11.3 Å². The lowest BCUT2D eigenvalue weighted by Gasteiger charge is -1.93. The Morgan fingerprint density at radius 1 is 1.70 bits per heavy atom. The lowest BCUT2D eigenvalue weighted by Crippen LogP contribution is -2.05. The highest BCUT2D eigenvalue weighted by Crippen LogP contribution is 2.34. The van der Waals surface area contributed by atoms with Gasteiger partial charge in [0.2, 0.25) is 0 Å². The van der Waals surface area contributed by atoms with Crippen LogP contribution in [-0.2, 0) is 0 Å². The molecule has 1 heterocycles. The van der Waals surface area contributed by atoms with E-state index in [1.54, 1.807) is 6.20 Å². The fraction of sp³-hybridized carbons (Fsp3) is 0.500. The van der Waals surface area contributed by atoms with Gasteiger partial charge < -0.3 is 5.43 Å². The summed E-state index contributed by atoms with van der Waals surface area (Å²) < 4.78 is 1.95. The van der Waals surface area contributed by atoms with Gasteiger partial charge in [-0.2, -0.15) is 5.10 Å². The van der Waals surface area contributed by atoms with Gasteiger partial charge in [-0.1, -0.05) is 0 Å². The molecule has 0 saturated heterocycles. The van der Waals surface area contributed by atoms with Crippen molar-refractivity contribution >= 4 is 5.69 Å². The smallest absolute Gasteiger partial charge is 0.0868 e. The molecular formula is C6H10N4. The van der Waals surface area contributed by atoms with Crippen LogP contribution in [0.1, 0.15) is 18.9 Å². The Bertz CT molecular complexity index is 225. The minimum atomic E-state index is 0.641. The van der Waals surface area contributed by atoms with Gasteiger partial charge >= 0.3 is 0 Å². The molecule has 0 aromatic carbocycles. The molecule has 0 aliphatic heterocycles. The first-order valence-corrected chi connectivity index (χ1v) is 3.41. The first-order valence-electron chi connectivity index (χ1n) is 3.41. The zero-order valence-corrected chi connectivity index (χ0v) is 5.62. The van der Waals surface area contributed by atoms with E-state index in [0.717, 1.165) is 5.69 Å². The first-order chi connectivity index (χ1) is 4.90. The fourth-order valence-corrected chi connectivity index (χ4v) is 0.951. The van der Waals surface area contributed by atoms with Crippen LogP contribution in [0.4, 0.5) is 5.69 Å². The summed E-state index contributed by atoms with van der Waals surface area (Å²) in [5.74, 6) is 5.18. The second-order valence-electron chi connectivity index (χ2n) is 2.58. The lowest BCUT2D eigenvalue weighted by atomic mass is 10.6. The summed E-state index contributed by atoms with van der Waals surface area (Å²) in [6, 6.07) is 0.641. The standard InChI is InChI=1S/C6H10N4/c7-9-5-3-8-10(4-5)6-1-2-6/h3-4,6,9H,1-2,7H2. The van der Waals surface area contributed by atoms with E-state index in [2.05, 4.69) is 10.5 Å². The molecule has 0 atom stereocenters. The molecule has 1 aliphatic rings. The van der Waals surface area contributed by atoms with Crippen molar-refractivity contribution in [3.63, 3.8) is 0 Å². The minimum absolute atomic E-state index is 0.641. The summed E-state index contributed by atoms with van der Waals surface area (Å²) in [4.78, 5) is 0. The predicted octanol–water partition coefficient (Wildman–Crippen LogP) is 0.504. The molecule has 4 nitrogen and oxygen atoms in total. The normalized spacial score (nSPS) is 17.3. The third kappa shape index (κ3) is 0.863. The number of aromatic nitrogens is 2. The molecule has 1 aromatic rings. The van der Waals surface area contributed by atoms with Crippen molar-refractivity contribution in [2.24, 2.45) is 5.84 Å². The summed E-state index contributed by atoms with van der Waals surface area (Å²) in [5.41, 5.74) is 3.43. The number of hydrogen-bond acceptors (Lipinski definition) is 3. The predicted molar refractivity (Wildman–Crippen MR) is 38.3 cm³/mol. The summed E-state index contributed by atoms with van der Waals surface area (Å²) in [5, 5.41) is 4.12. The van der Waals surface area contributed by atoms with Crippen LogP contribution in [0, 0.1) is 0 Å². The van der Waals surface area contributed by atoms with Crippen LogP contribution in [0.15, 0.2) is 12.4 Å². The van der Waals surface area contributed by atoms with Gasteiger partial charge in [0.1, 0.15) is 0 Å². The van der Waals surface area contributed by atoms with Gasteiger partial charge in [-0.05, 0) is 12.8 Å². The Balaban J connectivity index is 2.19. The Kier molecular flexibility index (Phi) is 1.14. The lowest BCUT2D eigenvalue weighted by molar-refractivity contribution is 0.642. The Labute approximate surface area is 59.0 Å². The molecule has 1 aromatic heterocycles. The Morgan fingerprint density at radius 3 is 3.00 bits per heavy atom. The van der Waals surface area contributed by atoms with Gasteiger partial charge in [0, 0.05) is 6.20 Å². The molecule has 0 amide bonds. The molecule has 0 radical (unpaired) electrons. The molecule has 4 heteroatoms. The van der Waals surface area contributed by atoms with Crippen LogP contribution in [0.3, 0.4) is 0 Å². The molecule has 1 fully saturated rings. The number of nitrogen functional groups attached to an aromatic ring is 1. The minimum Gasteiger partial charge on any atom is -0.321 e. The third-order valence-electron chi connectivity index (χ3n) is 1.69. The van der Waals surface area contributed by atoms with Crippen LogP contribution >= 0.6 is 0 Å². The van der Waals surface area contributed by atoms with Gasteiger partial charge in [0.25, 0.3) is 0 Å². The molecule has 10 heavy (non-hydrogen) atoms. The molecule has 1 aliphatic carbocycles. The number of hydrazine groups is 1. The largest absolute Gasteiger partial charge is 0.321 e. The van der Waals surface area contributed by atoms with Crippen molar-refractivity contribution in [2.75, 3.05) is 5.43 Å². The van der Waals surface area contributed by atoms with Crippen molar-refractivity contribution in [3.05, 3.63) is 12.4 Å². The Morgan fingerprint density at radius 2 is 2.50 bits per heavy atom. The monoisotopic (exact) mass is 138 g/mol. The van der Waals surface area contributed by atoms with Crippen molar-refractivity contribution in [1.82, 2.24) is 9.78 Å². The maximum absolute atomic E-state index is 5.18. The van der Waals surface area contributed by atoms with Gasteiger partial charge in [-0.3, -0.25) is 10.5 Å². The fourth-order valence-electron chi connectivity index (χ4n) is 0.951. The van der Waals surface area contributed by atoms with Crippen LogP contribution in [0.25, 0.3) is 0 Å². The van der Waals surface area contributed by atoms with E-state index in [0.29, 0.717) is 6.04 Å². The van der Waals surface area contributed by atoms with Crippen molar-refractivity contribution < 1.29 is 0 Å². The van der Waals surface area contributed by atoms with Crippen LogP contribution in [0.5, 0.6) is 0 Å². The number of rotatable bonds is 2. The van der Waals surface area contributed by atoms with Gasteiger partial charge in [0.05, 0.1) is 17.9 Å². The highest BCUT2D eigenvalue weighted by molar-refractivity contribution is 5.36. The number of nitrogens with zero attached hydrogens (tertiary/aromatic N) is 2. The molecule has 0 bridgehead atoms. The average Bonchev–Trinajstić information content (AvgIpc) is 2.70. The molecule has 3 N–H and O–H groups in total. The van der Waals surface area contributed by atoms with Crippen molar-refractivity contribution in [3.8, 4) is 0 Å². The molecule has 2 rings (SSSR count). The van der Waals surface area contributed by atoms with E-state index in [1.807, 2.05) is 10.9 Å². The second kappa shape index (κ2) is 1.98. The van der Waals surface area contributed by atoms with E-state index in [1.165, 1.54) is 12.8 Å². The summed E-state index contributed by atoms with van der Waals surface area (Å²) >= 11 is 0. The van der Waals surface area contributed by atoms with E-state index in [9.17, 15) is 0 Å². The summed E-state index contributed by atoms with van der Waals surface area (Å²) in [6.07, 6.45) is 6.17. The maximum atomic E-state index is 5.18. The topological polar surface area (TPSA) is 55.9 Å². The number of hydrogen-bond donors (Lipinski definition) is 2. The number of anilines is 1. The quantitative estimate of drug-likeness (QED) is 0.462. The zero-order chi connectivity index (χ0) is 6.97. The highest BCUT2D eigenvalue weighted by atomic mass is 15.3. The summed E-state index contributed by atoms with van der Waals surface area (Å²) in [6.45, 7) is 0. The van der Waals surface area contributed by atoms with Crippen molar-refractivity contribution in [1.29, 1.82) is 0 Å². The van der Waals surface area contributed by atoms with E-state index in [4.69, 9.17) is 5.84 Å². The van der Waals surface area contributed by atoms with Crippen molar-refractivity contribution in [2.45, 2.75) is 18.9 Å². The molecular weight excluding hydrogens is 128 g/mol. The van der Waals surface area contributed by atoms with E-state index < -0.39 is 0 Å². The summed E-state index contributed by atoms with van der Waals surface area (Å²) in [7, 11) is 0. The van der Waals surface area contributed by atoms with Gasteiger partial charge in [0.15, 0.2) is 0 Å². The molecule has 1 saturated carbocycles. The number of nitrogens with two attached hydrogens (primary N) is 1. The van der Waals surface area contributed by atoms with E-state index >= 15 is 0 Å². The first kappa shape index (κ1) is 5.73. The number of nitrogens with one attached hydrogen (secondary N) is 1. The SMILES string of the molecule is NNc1cnn(C2CC2)c1. The third-order valence-corrected chi connectivity index (χ3v) is 1.69. The molecule has 0 spiro atoms. The van der Waals surface area contributed by atoms with E-state index in [-0.39, 0.29) is 0 Å². The van der Waals surface area contributed by atoms with Gasteiger partial charge in [-0.25, -0.2) is 0 Å². The molecule has 0 unspecified atom stereocenters. The zero-order valence-electron chi connectivity index (χ0n) is 5.62. The average molecular weight is 138 g/mol. The Hall–Kier alpha value is -1.03. The van der Waals surface area contributed by atoms with Crippen LogP contribution in [-0.4, -0.2) is 9.78 Å². The maximum Gasteiger partial charge on any atom is 0.0868 e. The molecule has 54 valence electrons. The highest BCUT2D eigenvalue weighted by Gasteiger charge is 2.23.